The second-order valence-corrected chi connectivity index (χ2v) is 5.77. The number of carbonyl (C=O) groups excluding carboxylic acids is 1. The summed E-state index contributed by atoms with van der Waals surface area (Å²) >= 11 is 6.01. The predicted molar refractivity (Wildman–Crippen MR) is 90.0 cm³/mol. The first kappa shape index (κ1) is 15.6. The average Bonchev–Trinajstić information content (AvgIpc) is 3.01. The van der Waals surface area contributed by atoms with Crippen molar-refractivity contribution in [2.75, 3.05) is 6.79 Å². The highest BCUT2D eigenvalue weighted by atomic mass is 35.5. The Bertz CT molecular complexity index is 758. The monoisotopic (exact) mass is 329 g/mol. The summed E-state index contributed by atoms with van der Waals surface area (Å²) in [6.45, 7) is 2.22. The van der Waals surface area contributed by atoms with Crippen LogP contribution in [0.15, 0.2) is 47.5 Å². The quantitative estimate of drug-likeness (QED) is 0.616. The SMILES string of the molecule is CC(Cc1ccc2c(c1)OCO2)/N=C\C(=O)c1ccccc1Cl. The molecule has 0 amide bonds. The minimum absolute atomic E-state index is 0.0261. The molecule has 1 unspecified atom stereocenters. The molecule has 2 aromatic carbocycles. The molecule has 0 saturated carbocycles. The maximum Gasteiger partial charge on any atom is 0.231 e. The van der Waals surface area contributed by atoms with Gasteiger partial charge >= 0.3 is 0 Å². The van der Waals surface area contributed by atoms with E-state index in [2.05, 4.69) is 4.99 Å². The van der Waals surface area contributed by atoms with Crippen molar-refractivity contribution < 1.29 is 14.3 Å². The molecule has 0 aliphatic carbocycles. The molecule has 1 aliphatic rings. The van der Waals surface area contributed by atoms with Crippen molar-refractivity contribution in [2.45, 2.75) is 19.4 Å². The molecule has 0 saturated heterocycles. The number of carbonyl (C=O) groups is 1. The first-order valence-corrected chi connectivity index (χ1v) is 7.72. The van der Waals surface area contributed by atoms with E-state index in [1.807, 2.05) is 25.1 Å². The van der Waals surface area contributed by atoms with Crippen LogP contribution in [0.2, 0.25) is 5.02 Å². The second kappa shape index (κ2) is 6.84. The molecule has 1 atom stereocenters. The molecule has 0 radical (unpaired) electrons. The van der Waals surface area contributed by atoms with Crippen LogP contribution in [0.25, 0.3) is 0 Å². The molecule has 118 valence electrons. The van der Waals surface area contributed by atoms with E-state index in [4.69, 9.17) is 21.1 Å². The smallest absolute Gasteiger partial charge is 0.231 e. The summed E-state index contributed by atoms with van der Waals surface area (Å²) in [6.07, 6.45) is 2.06. The first-order chi connectivity index (χ1) is 11.1. The Balaban J connectivity index is 1.64. The predicted octanol–water partition coefficient (Wildman–Crippen LogP) is 3.95. The molecule has 0 N–H and O–H groups in total. The molecule has 2 aromatic rings. The van der Waals surface area contributed by atoms with Crippen LogP contribution in [0.4, 0.5) is 0 Å². The van der Waals surface area contributed by atoms with Gasteiger partial charge in [-0.15, -0.1) is 0 Å². The van der Waals surface area contributed by atoms with Crippen LogP contribution in [0.3, 0.4) is 0 Å². The Labute approximate surface area is 139 Å². The van der Waals surface area contributed by atoms with Gasteiger partial charge < -0.3 is 9.47 Å². The van der Waals surface area contributed by atoms with Gasteiger partial charge in [0.15, 0.2) is 11.5 Å². The number of ketones is 1. The summed E-state index contributed by atoms with van der Waals surface area (Å²) in [7, 11) is 0. The van der Waals surface area contributed by atoms with Gasteiger partial charge in [0.05, 0.1) is 17.3 Å². The number of benzene rings is 2. The van der Waals surface area contributed by atoms with Crippen molar-refractivity contribution >= 4 is 23.6 Å². The zero-order valence-electron chi connectivity index (χ0n) is 12.7. The molecule has 0 spiro atoms. The van der Waals surface area contributed by atoms with E-state index in [0.717, 1.165) is 17.1 Å². The van der Waals surface area contributed by atoms with Crippen LogP contribution in [0.1, 0.15) is 22.8 Å². The van der Waals surface area contributed by atoms with Gasteiger partial charge in [0.2, 0.25) is 12.6 Å². The summed E-state index contributed by atoms with van der Waals surface area (Å²) < 4.78 is 10.6. The van der Waals surface area contributed by atoms with Crippen molar-refractivity contribution in [1.29, 1.82) is 0 Å². The van der Waals surface area contributed by atoms with Gasteiger partial charge in [-0.1, -0.05) is 29.8 Å². The van der Waals surface area contributed by atoms with Gasteiger partial charge in [-0.25, -0.2) is 0 Å². The second-order valence-electron chi connectivity index (χ2n) is 5.36. The van der Waals surface area contributed by atoms with E-state index in [1.54, 1.807) is 24.3 Å². The number of hydrogen-bond donors (Lipinski definition) is 0. The van der Waals surface area contributed by atoms with Crippen LogP contribution in [-0.4, -0.2) is 24.8 Å². The zero-order valence-corrected chi connectivity index (χ0v) is 13.4. The van der Waals surface area contributed by atoms with E-state index in [-0.39, 0.29) is 18.6 Å². The van der Waals surface area contributed by atoms with Gasteiger partial charge in [0.1, 0.15) is 0 Å². The summed E-state index contributed by atoms with van der Waals surface area (Å²) in [5.74, 6) is 1.33. The Morgan fingerprint density at radius 2 is 2.04 bits per heavy atom. The number of fused-ring (bicyclic) bond motifs is 1. The van der Waals surface area contributed by atoms with Gasteiger partial charge in [0, 0.05) is 5.56 Å². The highest BCUT2D eigenvalue weighted by molar-refractivity contribution is 6.42. The lowest BCUT2D eigenvalue weighted by molar-refractivity contribution is 0.107. The molecule has 3 rings (SSSR count). The van der Waals surface area contributed by atoms with E-state index >= 15 is 0 Å². The Kier molecular flexibility index (Phi) is 4.63. The number of ether oxygens (including phenoxy) is 2. The van der Waals surface area contributed by atoms with Crippen molar-refractivity contribution in [3.63, 3.8) is 0 Å². The first-order valence-electron chi connectivity index (χ1n) is 7.34. The van der Waals surface area contributed by atoms with E-state index in [9.17, 15) is 4.79 Å². The molecule has 5 heteroatoms. The third-order valence-electron chi connectivity index (χ3n) is 3.55. The van der Waals surface area contributed by atoms with Gasteiger partial charge in [-0.2, -0.15) is 0 Å². The van der Waals surface area contributed by atoms with Crippen LogP contribution < -0.4 is 9.47 Å². The molecule has 0 fully saturated rings. The highest BCUT2D eigenvalue weighted by Crippen LogP contribution is 2.32. The normalized spacial score (nSPS) is 14.2. The van der Waals surface area contributed by atoms with E-state index < -0.39 is 0 Å². The lowest BCUT2D eigenvalue weighted by atomic mass is 10.1. The summed E-state index contributed by atoms with van der Waals surface area (Å²) in [4.78, 5) is 16.4. The Hall–Kier alpha value is -2.33. The molecule has 4 nitrogen and oxygen atoms in total. The number of rotatable bonds is 5. The van der Waals surface area contributed by atoms with Crippen molar-refractivity contribution in [1.82, 2.24) is 0 Å². The van der Waals surface area contributed by atoms with Crippen molar-refractivity contribution in [3.05, 3.63) is 58.6 Å². The standard InChI is InChI=1S/C18H16ClNO3/c1-12(8-13-6-7-17-18(9-13)23-11-22-17)20-10-16(21)14-4-2-3-5-15(14)19/h2-7,9-10,12H,8,11H2,1H3/b20-10-. The van der Waals surface area contributed by atoms with E-state index in [0.29, 0.717) is 17.0 Å². The fourth-order valence-corrected chi connectivity index (χ4v) is 2.62. The lowest BCUT2D eigenvalue weighted by Gasteiger charge is -2.07. The maximum absolute atomic E-state index is 12.1. The highest BCUT2D eigenvalue weighted by Gasteiger charge is 2.14. The van der Waals surface area contributed by atoms with Gasteiger partial charge in [0.25, 0.3) is 0 Å². The molecule has 23 heavy (non-hydrogen) atoms. The van der Waals surface area contributed by atoms with Crippen molar-refractivity contribution in [2.24, 2.45) is 4.99 Å². The minimum Gasteiger partial charge on any atom is -0.454 e. The number of nitrogens with zero attached hydrogens (tertiary/aromatic N) is 1. The molecular formula is C18H16ClNO3. The van der Waals surface area contributed by atoms with Crippen LogP contribution in [-0.2, 0) is 6.42 Å². The molecule has 1 aliphatic heterocycles. The number of hydrogen-bond acceptors (Lipinski definition) is 4. The summed E-state index contributed by atoms with van der Waals surface area (Å²) in [5, 5.41) is 0.437. The molecule has 1 heterocycles. The largest absolute Gasteiger partial charge is 0.454 e. The minimum atomic E-state index is -0.187. The van der Waals surface area contributed by atoms with Gasteiger partial charge in [-0.3, -0.25) is 9.79 Å². The van der Waals surface area contributed by atoms with Crippen LogP contribution in [0, 0.1) is 0 Å². The molecule has 0 aromatic heterocycles. The molecular weight excluding hydrogens is 314 g/mol. The Morgan fingerprint density at radius 1 is 1.26 bits per heavy atom. The molecule has 0 bridgehead atoms. The Morgan fingerprint density at radius 3 is 2.87 bits per heavy atom. The van der Waals surface area contributed by atoms with Crippen LogP contribution in [0.5, 0.6) is 11.5 Å². The number of Topliss-reactive ketones (excluding diaryl/α,β-unsaturated/α-hetero) is 1. The van der Waals surface area contributed by atoms with Gasteiger partial charge in [-0.05, 0) is 43.2 Å². The fourth-order valence-electron chi connectivity index (χ4n) is 2.39. The summed E-state index contributed by atoms with van der Waals surface area (Å²) in [5.41, 5.74) is 1.55. The third kappa shape index (κ3) is 3.71. The number of halogens is 1. The maximum atomic E-state index is 12.1. The lowest BCUT2D eigenvalue weighted by Crippen LogP contribution is -2.08. The van der Waals surface area contributed by atoms with Crippen molar-refractivity contribution in [3.8, 4) is 11.5 Å². The fraction of sp³-hybridized carbons (Fsp3) is 0.222. The summed E-state index contributed by atoms with van der Waals surface area (Å²) in [6, 6.07) is 12.8. The number of aliphatic imine (C=N–C) groups is 1. The van der Waals surface area contributed by atoms with Crippen LogP contribution >= 0.6 is 11.6 Å². The zero-order chi connectivity index (χ0) is 16.2. The van der Waals surface area contributed by atoms with E-state index in [1.165, 1.54) is 6.21 Å². The topological polar surface area (TPSA) is 47.9 Å². The average molecular weight is 330 g/mol. The third-order valence-corrected chi connectivity index (χ3v) is 3.88.